The Kier molecular flexibility index (Phi) is 7.28. The molecule has 0 unspecified atom stereocenters. The van der Waals surface area contributed by atoms with Crippen molar-refractivity contribution in [3.05, 3.63) is 59.4 Å². The molecule has 4 heterocycles. The lowest BCUT2D eigenvalue weighted by Crippen LogP contribution is -2.48. The van der Waals surface area contributed by atoms with Crippen LogP contribution >= 0.6 is 0 Å². The normalized spacial score (nSPS) is 19.4. The fourth-order valence-corrected chi connectivity index (χ4v) is 5.81. The van der Waals surface area contributed by atoms with Gasteiger partial charge in [-0.3, -0.25) is 14.4 Å². The predicted molar refractivity (Wildman–Crippen MR) is 143 cm³/mol. The monoisotopic (exact) mass is 533 g/mol. The lowest BCUT2D eigenvalue weighted by molar-refractivity contribution is -0.135. The van der Waals surface area contributed by atoms with Crippen LogP contribution in [0.2, 0.25) is 0 Å². The molecule has 1 aromatic heterocycles. The number of aromatic nitrogens is 3. The molecule has 1 fully saturated rings. The molecule has 1 saturated heterocycles. The molecule has 10 heteroatoms. The largest absolute Gasteiger partial charge is 0.493 e. The first-order valence-corrected chi connectivity index (χ1v) is 13.7. The average molecular weight is 534 g/mol. The number of nitrogens with one attached hydrogen (secondary N) is 1. The van der Waals surface area contributed by atoms with Crippen LogP contribution in [0.3, 0.4) is 0 Å². The molecule has 39 heavy (non-hydrogen) atoms. The molecular formula is C29H35N5O5. The number of methoxy groups -OCH3 is 1. The van der Waals surface area contributed by atoms with Gasteiger partial charge < -0.3 is 24.3 Å². The van der Waals surface area contributed by atoms with Crippen LogP contribution in [0, 0.1) is 5.41 Å². The number of ether oxygens (including phenoxy) is 4. The molecule has 0 aliphatic carbocycles. The van der Waals surface area contributed by atoms with Crippen LogP contribution in [0.4, 0.5) is 0 Å². The smallest absolute Gasteiger partial charge is 0.226 e. The molecule has 1 amide bonds. The SMILES string of the molecule is COc1cc(CN2CCC3(CCCn4cc(nn4)COc4ccccc4CNC3=O)CC2)cc2c1OCCO2. The first-order valence-electron chi connectivity index (χ1n) is 13.7. The number of aryl methyl sites for hydroxylation is 1. The summed E-state index contributed by atoms with van der Waals surface area (Å²) in [5.41, 5.74) is 2.44. The van der Waals surface area contributed by atoms with Gasteiger partial charge in [0.05, 0.1) is 18.7 Å². The van der Waals surface area contributed by atoms with Crippen molar-refractivity contribution < 1.29 is 23.7 Å². The van der Waals surface area contributed by atoms with Gasteiger partial charge in [-0.25, -0.2) is 0 Å². The van der Waals surface area contributed by atoms with Crippen LogP contribution in [-0.2, 0) is 31.0 Å². The molecule has 0 atom stereocenters. The molecule has 1 N–H and O–H groups in total. The number of likely N-dealkylation sites (tertiary alicyclic amines) is 1. The van der Waals surface area contributed by atoms with E-state index in [4.69, 9.17) is 18.9 Å². The van der Waals surface area contributed by atoms with Gasteiger partial charge in [0.2, 0.25) is 11.7 Å². The number of para-hydroxylation sites is 1. The van der Waals surface area contributed by atoms with Crippen molar-refractivity contribution >= 4 is 5.91 Å². The molecule has 3 aromatic rings. The van der Waals surface area contributed by atoms with Gasteiger partial charge in [-0.1, -0.05) is 23.4 Å². The van der Waals surface area contributed by atoms with Gasteiger partial charge >= 0.3 is 0 Å². The molecule has 206 valence electrons. The van der Waals surface area contributed by atoms with E-state index in [9.17, 15) is 4.79 Å². The first kappa shape index (κ1) is 25.5. The fourth-order valence-electron chi connectivity index (χ4n) is 5.81. The summed E-state index contributed by atoms with van der Waals surface area (Å²) in [6, 6.07) is 11.9. The first-order chi connectivity index (χ1) is 19.1. The summed E-state index contributed by atoms with van der Waals surface area (Å²) in [6.45, 7) is 4.98. The Morgan fingerprint density at radius 1 is 1.03 bits per heavy atom. The number of piperidine rings is 1. The van der Waals surface area contributed by atoms with Crippen molar-refractivity contribution in [3.8, 4) is 23.0 Å². The average Bonchev–Trinajstić information content (AvgIpc) is 3.43. The molecule has 0 saturated carbocycles. The van der Waals surface area contributed by atoms with E-state index >= 15 is 0 Å². The van der Waals surface area contributed by atoms with E-state index in [-0.39, 0.29) is 5.91 Å². The Morgan fingerprint density at radius 3 is 2.74 bits per heavy atom. The van der Waals surface area contributed by atoms with E-state index in [0.717, 1.165) is 80.2 Å². The standard InChI is InChI=1S/C29H35N5O5/c1-36-25-15-21(16-26-27(25)38-14-13-37-26)18-33-11-8-29(9-12-33)7-4-10-34-19-23(31-32-34)20-39-24-6-3-2-5-22(24)17-30-28(29)35/h2-3,5-6,15-16,19H,4,7-14,17-18,20H2,1H3,(H,30,35). The Morgan fingerprint density at radius 2 is 1.87 bits per heavy atom. The van der Waals surface area contributed by atoms with Crippen molar-refractivity contribution in [2.75, 3.05) is 33.4 Å². The van der Waals surface area contributed by atoms with Crippen molar-refractivity contribution in [2.24, 2.45) is 5.41 Å². The van der Waals surface area contributed by atoms with Crippen molar-refractivity contribution in [1.82, 2.24) is 25.2 Å². The van der Waals surface area contributed by atoms with Gasteiger partial charge in [0.25, 0.3) is 0 Å². The number of amides is 1. The molecular weight excluding hydrogens is 498 g/mol. The van der Waals surface area contributed by atoms with Crippen LogP contribution in [0.25, 0.3) is 0 Å². The summed E-state index contributed by atoms with van der Waals surface area (Å²) in [5, 5.41) is 11.8. The Labute approximate surface area is 228 Å². The molecule has 3 aliphatic rings. The van der Waals surface area contributed by atoms with Crippen molar-refractivity contribution in [2.45, 2.75) is 51.9 Å². The van der Waals surface area contributed by atoms with Crippen LogP contribution in [-0.4, -0.2) is 59.2 Å². The molecule has 1 spiro atoms. The van der Waals surface area contributed by atoms with Gasteiger partial charge in [0.1, 0.15) is 31.3 Å². The van der Waals surface area contributed by atoms with Gasteiger partial charge in [-0.05, 0) is 62.5 Å². The molecule has 10 nitrogen and oxygen atoms in total. The van der Waals surface area contributed by atoms with E-state index < -0.39 is 5.41 Å². The zero-order valence-corrected chi connectivity index (χ0v) is 22.4. The number of nitrogens with zero attached hydrogens (tertiary/aromatic N) is 4. The second-order valence-corrected chi connectivity index (χ2v) is 10.5. The number of carbonyl (C=O) groups excluding carboxylic acids is 1. The molecule has 3 aliphatic heterocycles. The lowest BCUT2D eigenvalue weighted by Gasteiger charge is -2.41. The number of fused-ring (bicyclic) bond motifs is 4. The Bertz CT molecular complexity index is 1300. The zero-order valence-electron chi connectivity index (χ0n) is 22.4. The summed E-state index contributed by atoms with van der Waals surface area (Å²) in [5.74, 6) is 2.97. The van der Waals surface area contributed by atoms with E-state index in [2.05, 4.69) is 20.5 Å². The van der Waals surface area contributed by atoms with Gasteiger partial charge in [-0.2, -0.15) is 0 Å². The van der Waals surface area contributed by atoms with Crippen LogP contribution in [0.5, 0.6) is 23.0 Å². The minimum atomic E-state index is -0.426. The highest BCUT2D eigenvalue weighted by Gasteiger charge is 2.41. The van der Waals surface area contributed by atoms with Gasteiger partial charge in [-0.15, -0.1) is 5.10 Å². The lowest BCUT2D eigenvalue weighted by atomic mass is 9.73. The van der Waals surface area contributed by atoms with Gasteiger partial charge in [0.15, 0.2) is 11.5 Å². The topological polar surface area (TPSA) is 100.0 Å². The quantitative estimate of drug-likeness (QED) is 0.547. The highest BCUT2D eigenvalue weighted by molar-refractivity contribution is 5.82. The minimum absolute atomic E-state index is 0.120. The summed E-state index contributed by atoms with van der Waals surface area (Å²) in [6.07, 6.45) is 5.18. The summed E-state index contributed by atoms with van der Waals surface area (Å²) < 4.78 is 25.0. The summed E-state index contributed by atoms with van der Waals surface area (Å²) in [4.78, 5) is 16.2. The van der Waals surface area contributed by atoms with Crippen molar-refractivity contribution in [1.29, 1.82) is 0 Å². The predicted octanol–water partition coefficient (Wildman–Crippen LogP) is 3.33. The number of hydrogen-bond donors (Lipinski definition) is 1. The number of rotatable bonds is 3. The van der Waals surface area contributed by atoms with Crippen LogP contribution < -0.4 is 24.3 Å². The van der Waals surface area contributed by atoms with Crippen LogP contribution in [0.15, 0.2) is 42.6 Å². The number of hydrogen-bond acceptors (Lipinski definition) is 8. The van der Waals surface area contributed by atoms with E-state index in [1.165, 1.54) is 0 Å². The van der Waals surface area contributed by atoms with E-state index in [0.29, 0.717) is 37.9 Å². The maximum absolute atomic E-state index is 13.8. The summed E-state index contributed by atoms with van der Waals surface area (Å²) in [7, 11) is 1.65. The third-order valence-corrected chi connectivity index (χ3v) is 8.00. The number of benzene rings is 2. The molecule has 0 radical (unpaired) electrons. The second-order valence-electron chi connectivity index (χ2n) is 10.5. The van der Waals surface area contributed by atoms with Crippen LogP contribution in [0.1, 0.15) is 42.5 Å². The third kappa shape index (κ3) is 5.52. The molecule has 2 aromatic carbocycles. The highest BCUT2D eigenvalue weighted by atomic mass is 16.6. The maximum atomic E-state index is 13.8. The fraction of sp³-hybridized carbons (Fsp3) is 0.483. The molecule has 2 bridgehead atoms. The second kappa shape index (κ2) is 11.1. The highest BCUT2D eigenvalue weighted by Crippen LogP contribution is 2.42. The maximum Gasteiger partial charge on any atom is 0.226 e. The zero-order chi connectivity index (χ0) is 26.7. The minimum Gasteiger partial charge on any atom is -0.493 e. The Hall–Kier alpha value is -3.79. The number of carbonyl (C=O) groups is 1. The van der Waals surface area contributed by atoms with Gasteiger partial charge in [0, 0.05) is 25.2 Å². The summed E-state index contributed by atoms with van der Waals surface area (Å²) >= 11 is 0. The molecule has 6 rings (SSSR count). The van der Waals surface area contributed by atoms with E-state index in [1.54, 1.807) is 7.11 Å². The van der Waals surface area contributed by atoms with Crippen molar-refractivity contribution in [3.63, 3.8) is 0 Å². The van der Waals surface area contributed by atoms with E-state index in [1.807, 2.05) is 47.3 Å². The third-order valence-electron chi connectivity index (χ3n) is 8.00. The Balaban J connectivity index is 1.17.